The van der Waals surface area contributed by atoms with E-state index in [9.17, 15) is 18.0 Å². The number of alkyl halides is 3. The van der Waals surface area contributed by atoms with Gasteiger partial charge in [-0.25, -0.2) is 18.2 Å². The molecule has 0 aliphatic carbocycles. The van der Waals surface area contributed by atoms with Crippen LogP contribution in [0.25, 0.3) is 0 Å². The fourth-order valence-corrected chi connectivity index (χ4v) is 0.645. The van der Waals surface area contributed by atoms with Crippen molar-refractivity contribution < 1.29 is 13.2 Å². The first-order valence-corrected chi connectivity index (χ1v) is 3.08. The summed E-state index contributed by atoms with van der Waals surface area (Å²) in [5, 5.41) is 0. The molecule has 3 nitrogen and oxygen atoms in total. The van der Waals surface area contributed by atoms with Crippen LogP contribution >= 0.6 is 0 Å². The van der Waals surface area contributed by atoms with Gasteiger partial charge in [0.05, 0.1) is 0 Å². The van der Waals surface area contributed by atoms with Gasteiger partial charge in [0, 0.05) is 12.3 Å². The highest BCUT2D eigenvalue weighted by molar-refractivity contribution is 4.94. The first kappa shape index (κ1) is 8.76. The van der Waals surface area contributed by atoms with E-state index < -0.39 is 24.0 Å². The quantitative estimate of drug-likeness (QED) is 0.735. The minimum absolute atomic E-state index is 0.641. The summed E-state index contributed by atoms with van der Waals surface area (Å²) in [6.07, 6.45) is -4.72. The van der Waals surface area contributed by atoms with Gasteiger partial charge in [0.15, 0.2) is 0 Å². The fraction of sp³-hybridized carbons (Fsp3) is 0.333. The first-order chi connectivity index (χ1) is 5.61. The fourth-order valence-electron chi connectivity index (χ4n) is 0.645. The number of aromatic amines is 1. The van der Waals surface area contributed by atoms with Gasteiger partial charge < -0.3 is 4.98 Å². The Labute approximate surface area is 65.3 Å². The maximum Gasteiger partial charge on any atom is 0.276 e. The average molecular weight is 178 g/mol. The zero-order valence-electron chi connectivity index (χ0n) is 5.80. The van der Waals surface area contributed by atoms with Gasteiger partial charge in [-0.2, -0.15) is 0 Å². The Morgan fingerprint density at radius 3 is 2.58 bits per heavy atom. The highest BCUT2D eigenvalue weighted by Gasteiger charge is 2.23. The van der Waals surface area contributed by atoms with Crippen molar-refractivity contribution in [3.05, 3.63) is 28.4 Å². The van der Waals surface area contributed by atoms with Crippen LogP contribution in [-0.2, 0) is 0 Å². The molecule has 0 saturated heterocycles. The molecule has 1 heterocycles. The van der Waals surface area contributed by atoms with Gasteiger partial charge in [-0.05, 0) is 0 Å². The van der Waals surface area contributed by atoms with Crippen molar-refractivity contribution in [3.63, 3.8) is 0 Å². The third-order valence-electron chi connectivity index (χ3n) is 1.17. The molecule has 0 fully saturated rings. The monoisotopic (exact) mass is 178 g/mol. The number of rotatable bonds is 2. The van der Waals surface area contributed by atoms with Crippen LogP contribution in [0.4, 0.5) is 13.2 Å². The molecule has 0 saturated carbocycles. The van der Waals surface area contributed by atoms with Gasteiger partial charge in [0.2, 0.25) is 6.17 Å². The van der Waals surface area contributed by atoms with Gasteiger partial charge in [0.1, 0.15) is 5.82 Å². The molecule has 1 aromatic heterocycles. The molecule has 1 rings (SSSR count). The molecule has 66 valence electrons. The van der Waals surface area contributed by atoms with Gasteiger partial charge in [-0.1, -0.05) is 0 Å². The maximum absolute atomic E-state index is 12.5. The van der Waals surface area contributed by atoms with Crippen LogP contribution in [0.3, 0.4) is 0 Å². The zero-order valence-corrected chi connectivity index (χ0v) is 5.80. The molecule has 6 heteroatoms. The zero-order chi connectivity index (χ0) is 9.14. The summed E-state index contributed by atoms with van der Waals surface area (Å²) in [5.41, 5.74) is -0.650. The first-order valence-electron chi connectivity index (χ1n) is 3.08. The van der Waals surface area contributed by atoms with Crippen molar-refractivity contribution in [1.29, 1.82) is 0 Å². The summed E-state index contributed by atoms with van der Waals surface area (Å²) in [6, 6.07) is 1.02. The highest BCUT2D eigenvalue weighted by atomic mass is 19.3. The van der Waals surface area contributed by atoms with Crippen molar-refractivity contribution >= 4 is 0 Å². The van der Waals surface area contributed by atoms with Crippen LogP contribution in [0.15, 0.2) is 17.1 Å². The Morgan fingerprint density at radius 1 is 1.42 bits per heavy atom. The second-order valence-electron chi connectivity index (χ2n) is 2.06. The van der Waals surface area contributed by atoms with Crippen LogP contribution in [0.2, 0.25) is 0 Å². The van der Waals surface area contributed by atoms with E-state index in [1.165, 1.54) is 0 Å². The molecule has 1 N–H and O–H groups in total. The van der Waals surface area contributed by atoms with Gasteiger partial charge >= 0.3 is 0 Å². The SMILES string of the molecule is O=c1ccnc(C(F)C(F)F)[nH]1. The Bertz CT molecular complexity index is 312. The molecular weight excluding hydrogens is 173 g/mol. The smallest absolute Gasteiger partial charge is 0.276 e. The number of nitrogens with one attached hydrogen (secondary N) is 1. The predicted molar refractivity (Wildman–Crippen MR) is 34.7 cm³/mol. The van der Waals surface area contributed by atoms with E-state index in [1.54, 1.807) is 0 Å². The summed E-state index contributed by atoms with van der Waals surface area (Å²) < 4.78 is 35.9. The van der Waals surface area contributed by atoms with Crippen molar-refractivity contribution in [2.45, 2.75) is 12.6 Å². The number of hydrogen-bond acceptors (Lipinski definition) is 2. The van der Waals surface area contributed by atoms with Crippen LogP contribution in [-0.4, -0.2) is 16.4 Å². The third-order valence-corrected chi connectivity index (χ3v) is 1.17. The number of H-pyrrole nitrogens is 1. The molecule has 1 aromatic rings. The van der Waals surface area contributed by atoms with Gasteiger partial charge in [-0.15, -0.1) is 0 Å². The van der Waals surface area contributed by atoms with Crippen molar-refractivity contribution in [2.24, 2.45) is 0 Å². The van der Waals surface area contributed by atoms with Gasteiger partial charge in [-0.3, -0.25) is 4.79 Å². The van der Waals surface area contributed by atoms with Crippen molar-refractivity contribution in [3.8, 4) is 0 Å². The Balaban J connectivity index is 2.95. The summed E-state index contributed by atoms with van der Waals surface area (Å²) in [4.78, 5) is 15.6. The van der Waals surface area contributed by atoms with E-state index in [1.807, 2.05) is 4.98 Å². The van der Waals surface area contributed by atoms with E-state index in [2.05, 4.69) is 4.98 Å². The van der Waals surface area contributed by atoms with Crippen molar-refractivity contribution in [1.82, 2.24) is 9.97 Å². The maximum atomic E-state index is 12.5. The van der Waals surface area contributed by atoms with Crippen LogP contribution in [0.1, 0.15) is 12.0 Å². The molecule has 0 aliphatic rings. The van der Waals surface area contributed by atoms with Crippen LogP contribution in [0, 0.1) is 0 Å². The van der Waals surface area contributed by atoms with Gasteiger partial charge in [0.25, 0.3) is 12.0 Å². The van der Waals surface area contributed by atoms with E-state index in [4.69, 9.17) is 0 Å². The Hall–Kier alpha value is -1.33. The topological polar surface area (TPSA) is 45.8 Å². The molecule has 0 aromatic carbocycles. The minimum atomic E-state index is -3.17. The lowest BCUT2D eigenvalue weighted by Gasteiger charge is -2.03. The largest absolute Gasteiger partial charge is 0.308 e. The lowest BCUT2D eigenvalue weighted by molar-refractivity contribution is 0.0446. The van der Waals surface area contributed by atoms with E-state index in [0.717, 1.165) is 12.3 Å². The second kappa shape index (κ2) is 3.38. The lowest BCUT2D eigenvalue weighted by Crippen LogP contribution is -2.14. The highest BCUT2D eigenvalue weighted by Crippen LogP contribution is 2.19. The molecule has 12 heavy (non-hydrogen) atoms. The van der Waals surface area contributed by atoms with Crippen LogP contribution < -0.4 is 5.56 Å². The second-order valence-corrected chi connectivity index (χ2v) is 2.06. The molecular formula is C6H5F3N2O. The van der Waals surface area contributed by atoms with E-state index >= 15 is 0 Å². The normalized spacial score (nSPS) is 13.3. The number of hydrogen-bond donors (Lipinski definition) is 1. The molecule has 0 bridgehead atoms. The molecule has 1 unspecified atom stereocenters. The molecule has 0 radical (unpaired) electrons. The average Bonchev–Trinajstić information content (AvgIpc) is 2.03. The van der Waals surface area contributed by atoms with Crippen LogP contribution in [0.5, 0.6) is 0 Å². The third kappa shape index (κ3) is 1.84. The van der Waals surface area contributed by atoms with Crippen molar-refractivity contribution in [2.75, 3.05) is 0 Å². The predicted octanol–water partition coefficient (Wildman–Crippen LogP) is 1.05. The summed E-state index contributed by atoms with van der Waals surface area (Å²) >= 11 is 0. The standard InChI is InChI=1S/C6H5F3N2O/c7-4(5(8)9)6-10-2-1-3(12)11-6/h1-2,4-5H,(H,10,11,12). The number of nitrogens with zero attached hydrogens (tertiary/aromatic N) is 1. The minimum Gasteiger partial charge on any atom is -0.308 e. The Kier molecular flexibility index (Phi) is 2.47. The summed E-state index contributed by atoms with van der Waals surface area (Å²) in [7, 11) is 0. The molecule has 0 amide bonds. The lowest BCUT2D eigenvalue weighted by atomic mass is 10.4. The summed E-state index contributed by atoms with van der Waals surface area (Å²) in [5.74, 6) is -0.641. The molecule has 1 atom stereocenters. The van der Waals surface area contributed by atoms with E-state index in [-0.39, 0.29) is 0 Å². The molecule has 0 aliphatic heterocycles. The number of halogens is 3. The van der Waals surface area contributed by atoms with E-state index in [0.29, 0.717) is 0 Å². The molecule has 0 spiro atoms. The summed E-state index contributed by atoms with van der Waals surface area (Å²) in [6.45, 7) is 0. The number of aromatic nitrogens is 2. The Morgan fingerprint density at radius 2 is 2.08 bits per heavy atom.